The Morgan fingerprint density at radius 3 is 2.64 bits per heavy atom. The van der Waals surface area contributed by atoms with Crippen molar-refractivity contribution in [1.82, 2.24) is 0 Å². The van der Waals surface area contributed by atoms with Gasteiger partial charge in [-0.15, -0.1) is 0 Å². The molecule has 0 saturated heterocycles. The number of hydrogen-bond donors (Lipinski definition) is 1. The lowest BCUT2D eigenvalue weighted by atomic mass is 10.1. The Kier molecular flexibility index (Phi) is 6.81. The Labute approximate surface area is 111 Å². The Hall–Kier alpha value is 0.260. The normalized spacial score (nSPS) is 9.36. The molecule has 1 nitrogen and oxygen atoms in total. The molecule has 1 rings (SSSR count). The maximum atomic E-state index is 5.91. The van der Waals surface area contributed by atoms with E-state index >= 15 is 0 Å². The van der Waals surface area contributed by atoms with Gasteiger partial charge in [0.15, 0.2) is 0 Å². The molecule has 0 bridgehead atoms. The summed E-state index contributed by atoms with van der Waals surface area (Å²) in [4.78, 5) is 0. The second-order valence-electron chi connectivity index (χ2n) is 2.93. The van der Waals surface area contributed by atoms with Gasteiger partial charge in [0.2, 0.25) is 5.04 Å². The van der Waals surface area contributed by atoms with Gasteiger partial charge >= 0.3 is 0 Å². The molecule has 0 heterocycles. The van der Waals surface area contributed by atoms with Crippen molar-refractivity contribution in [2.75, 3.05) is 6.26 Å². The molecule has 2 N–H and O–H groups in total. The predicted molar refractivity (Wildman–Crippen MR) is 60.3 cm³/mol. The van der Waals surface area contributed by atoms with E-state index in [-0.39, 0.29) is 24.0 Å². The van der Waals surface area contributed by atoms with Gasteiger partial charge < -0.3 is 24.0 Å². The molecule has 1 aromatic carbocycles. The summed E-state index contributed by atoms with van der Waals surface area (Å²) >= 11 is 7.50. The molecular formula is C10H13ClINS. The first-order valence-electron chi connectivity index (χ1n) is 4.04. The molecule has 0 amide bonds. The molecule has 0 atom stereocenters. The minimum Gasteiger partial charge on any atom is -1.00 e. The van der Waals surface area contributed by atoms with Crippen molar-refractivity contribution in [2.24, 2.45) is 0 Å². The minimum atomic E-state index is 0. The Balaban J connectivity index is 0.00000169. The summed E-state index contributed by atoms with van der Waals surface area (Å²) in [6.07, 6.45) is 2.80. The van der Waals surface area contributed by atoms with Crippen molar-refractivity contribution in [3.05, 3.63) is 34.3 Å². The number of rotatable bonds is 2. The molecule has 0 aliphatic heterocycles. The van der Waals surface area contributed by atoms with Crippen LogP contribution in [0.1, 0.15) is 11.1 Å². The molecule has 0 aromatic heterocycles. The number of halogens is 2. The molecule has 0 spiro atoms. The van der Waals surface area contributed by atoms with Crippen molar-refractivity contribution in [2.45, 2.75) is 13.3 Å². The van der Waals surface area contributed by atoms with E-state index in [4.69, 9.17) is 17.0 Å². The van der Waals surface area contributed by atoms with Gasteiger partial charge in [0.05, 0.1) is 6.42 Å². The highest BCUT2D eigenvalue weighted by Crippen LogP contribution is 2.17. The summed E-state index contributed by atoms with van der Waals surface area (Å²) in [5, 5.41) is 7.48. The molecule has 0 radical (unpaired) electrons. The largest absolute Gasteiger partial charge is 1.00 e. The number of thioether (sulfide) groups is 1. The Morgan fingerprint density at radius 1 is 1.50 bits per heavy atom. The highest BCUT2D eigenvalue weighted by atomic mass is 127. The van der Waals surface area contributed by atoms with E-state index in [9.17, 15) is 0 Å². The lowest BCUT2D eigenvalue weighted by Crippen LogP contribution is -3.00. The van der Waals surface area contributed by atoms with Gasteiger partial charge in [0.1, 0.15) is 0 Å². The van der Waals surface area contributed by atoms with E-state index in [1.54, 1.807) is 11.8 Å². The third-order valence-corrected chi connectivity index (χ3v) is 2.96. The summed E-state index contributed by atoms with van der Waals surface area (Å²) in [5.41, 5.74) is 2.32. The van der Waals surface area contributed by atoms with Crippen molar-refractivity contribution in [1.29, 1.82) is 0 Å². The summed E-state index contributed by atoms with van der Waals surface area (Å²) in [7, 11) is 0. The van der Waals surface area contributed by atoms with Crippen LogP contribution < -0.4 is 29.4 Å². The van der Waals surface area contributed by atoms with Crippen molar-refractivity contribution < 1.29 is 29.4 Å². The van der Waals surface area contributed by atoms with E-state index in [2.05, 4.69) is 6.07 Å². The summed E-state index contributed by atoms with van der Waals surface area (Å²) in [6, 6.07) is 6.00. The van der Waals surface area contributed by atoms with Gasteiger partial charge in [-0.3, -0.25) is 5.41 Å². The van der Waals surface area contributed by atoms with Crippen LogP contribution in [-0.2, 0) is 6.42 Å². The number of aryl methyl sites for hydroxylation is 1. The van der Waals surface area contributed by atoms with Gasteiger partial charge in [-0.2, -0.15) is 0 Å². The fraction of sp³-hybridized carbons (Fsp3) is 0.300. The Morgan fingerprint density at radius 2 is 2.14 bits per heavy atom. The van der Waals surface area contributed by atoms with Crippen LogP contribution in [0.3, 0.4) is 0 Å². The van der Waals surface area contributed by atoms with E-state index in [1.807, 2.05) is 25.3 Å². The summed E-state index contributed by atoms with van der Waals surface area (Å²) in [5.74, 6) is 0. The van der Waals surface area contributed by atoms with Crippen molar-refractivity contribution in [3.8, 4) is 0 Å². The van der Waals surface area contributed by atoms with Crippen LogP contribution in [0, 0.1) is 6.92 Å². The monoisotopic (exact) mass is 341 g/mol. The fourth-order valence-corrected chi connectivity index (χ4v) is 1.52. The lowest BCUT2D eigenvalue weighted by molar-refractivity contribution is -0.110. The lowest BCUT2D eigenvalue weighted by Gasteiger charge is -2.01. The van der Waals surface area contributed by atoms with Crippen LogP contribution in [0.4, 0.5) is 0 Å². The number of benzene rings is 1. The molecular weight excluding hydrogens is 329 g/mol. The molecule has 0 fully saturated rings. The number of hydrogen-bond acceptors (Lipinski definition) is 1. The van der Waals surface area contributed by atoms with Gasteiger partial charge in [-0.1, -0.05) is 35.5 Å². The van der Waals surface area contributed by atoms with E-state index in [0.29, 0.717) is 0 Å². The molecule has 0 aliphatic rings. The van der Waals surface area contributed by atoms with E-state index in [1.165, 1.54) is 5.56 Å². The first-order chi connectivity index (χ1) is 6.13. The maximum absolute atomic E-state index is 5.91. The first kappa shape index (κ1) is 14.3. The van der Waals surface area contributed by atoms with Crippen LogP contribution in [-0.4, -0.2) is 11.3 Å². The molecule has 14 heavy (non-hydrogen) atoms. The minimum absolute atomic E-state index is 0. The first-order valence-corrected chi connectivity index (χ1v) is 5.64. The maximum Gasteiger partial charge on any atom is 0.211 e. The molecule has 0 aliphatic carbocycles. The SMILES string of the molecule is CSC(=[NH2+])Cc1ccc(Cl)c(C)c1.[I-]. The van der Waals surface area contributed by atoms with E-state index < -0.39 is 0 Å². The second kappa shape index (κ2) is 6.69. The van der Waals surface area contributed by atoms with E-state index in [0.717, 1.165) is 22.1 Å². The zero-order valence-corrected chi connectivity index (χ0v) is 11.9. The van der Waals surface area contributed by atoms with Crippen LogP contribution in [0.15, 0.2) is 18.2 Å². The third kappa shape index (κ3) is 4.19. The van der Waals surface area contributed by atoms with Gasteiger partial charge in [-0.25, -0.2) is 0 Å². The Bertz CT molecular complexity index is 328. The predicted octanol–water partition coefficient (Wildman–Crippen LogP) is -1.28. The zero-order chi connectivity index (χ0) is 9.84. The van der Waals surface area contributed by atoms with Crippen LogP contribution in [0.25, 0.3) is 0 Å². The fourth-order valence-electron chi connectivity index (χ4n) is 1.09. The van der Waals surface area contributed by atoms with Crippen LogP contribution in [0.2, 0.25) is 5.02 Å². The molecule has 0 saturated carbocycles. The molecule has 1 aromatic rings. The topological polar surface area (TPSA) is 25.6 Å². The highest BCUT2D eigenvalue weighted by molar-refractivity contribution is 8.13. The van der Waals surface area contributed by atoms with Crippen LogP contribution >= 0.6 is 23.4 Å². The average molecular weight is 342 g/mol. The molecule has 78 valence electrons. The van der Waals surface area contributed by atoms with Crippen LogP contribution in [0.5, 0.6) is 0 Å². The highest BCUT2D eigenvalue weighted by Gasteiger charge is 2.03. The second-order valence-corrected chi connectivity index (χ2v) is 4.27. The number of nitrogens with two attached hydrogens (primary N) is 1. The van der Waals surface area contributed by atoms with Crippen molar-refractivity contribution in [3.63, 3.8) is 0 Å². The average Bonchev–Trinajstić information content (AvgIpc) is 2.11. The quantitative estimate of drug-likeness (QED) is 0.405. The van der Waals surface area contributed by atoms with Gasteiger partial charge in [0.25, 0.3) is 0 Å². The standard InChI is InChI=1S/C10H12ClNS.HI/c1-7-5-8(3-4-9(7)11)6-10(12)13-2;/h3-5,12H,6H2,1-2H3;1H. The zero-order valence-electron chi connectivity index (χ0n) is 8.18. The van der Waals surface area contributed by atoms with Gasteiger partial charge in [0, 0.05) is 5.02 Å². The third-order valence-electron chi connectivity index (χ3n) is 1.86. The molecule has 4 heteroatoms. The van der Waals surface area contributed by atoms with Gasteiger partial charge in [-0.05, 0) is 30.4 Å². The summed E-state index contributed by atoms with van der Waals surface area (Å²) in [6.45, 7) is 2.00. The van der Waals surface area contributed by atoms with Crippen molar-refractivity contribution >= 4 is 28.4 Å². The smallest absolute Gasteiger partial charge is 0.211 e. The summed E-state index contributed by atoms with van der Waals surface area (Å²) < 4.78 is 0. The molecule has 0 unspecified atom stereocenters.